The van der Waals surface area contributed by atoms with Crippen LogP contribution in [0.3, 0.4) is 0 Å². The van der Waals surface area contributed by atoms with Gasteiger partial charge in [0.05, 0.1) is 31.9 Å². The maximum absolute atomic E-state index is 13.1. The predicted octanol–water partition coefficient (Wildman–Crippen LogP) is 3.44. The Labute approximate surface area is 211 Å². The van der Waals surface area contributed by atoms with Gasteiger partial charge in [-0.15, -0.1) is 0 Å². The Kier molecular flexibility index (Phi) is 6.78. The minimum absolute atomic E-state index is 0.0285. The molecule has 1 unspecified atom stereocenters. The number of carbonyl (C=O) groups excluding carboxylic acids is 2. The summed E-state index contributed by atoms with van der Waals surface area (Å²) in [5.41, 5.74) is 2.55. The minimum Gasteiger partial charge on any atom is -0.494 e. The number of ether oxygens (including phenoxy) is 2. The summed E-state index contributed by atoms with van der Waals surface area (Å²) < 4.78 is 12.5. The van der Waals surface area contributed by atoms with Crippen LogP contribution in [0.1, 0.15) is 30.4 Å². The average molecular weight is 489 g/mol. The number of methoxy groups -OCH3 is 2. The molecule has 0 bridgehead atoms. The molecule has 8 nitrogen and oxygen atoms in total. The van der Waals surface area contributed by atoms with Crippen molar-refractivity contribution in [3.63, 3.8) is 0 Å². The van der Waals surface area contributed by atoms with Crippen LogP contribution in [0.15, 0.2) is 67.0 Å². The van der Waals surface area contributed by atoms with Crippen molar-refractivity contribution in [1.29, 1.82) is 0 Å². The SMILES string of the molecule is COC(=O)C1CC(=O)N(Cc2ccccc2)C12CCN(Cc1cnn(-c3ccccc3OC)c1)CC2. The third kappa shape index (κ3) is 4.48. The molecule has 2 aliphatic heterocycles. The van der Waals surface area contributed by atoms with E-state index in [1.165, 1.54) is 7.11 Å². The number of likely N-dealkylation sites (tertiary alicyclic amines) is 2. The largest absolute Gasteiger partial charge is 0.494 e. The Balaban J connectivity index is 1.31. The number of aromatic nitrogens is 2. The molecular formula is C28H32N4O4. The molecule has 3 aromatic rings. The Morgan fingerprint density at radius 1 is 1.00 bits per heavy atom. The number of hydrogen-bond donors (Lipinski definition) is 0. The first-order valence-corrected chi connectivity index (χ1v) is 12.4. The van der Waals surface area contributed by atoms with Gasteiger partial charge in [0.25, 0.3) is 0 Å². The van der Waals surface area contributed by atoms with Crippen molar-refractivity contribution in [2.75, 3.05) is 27.3 Å². The number of benzene rings is 2. The Hall–Kier alpha value is -3.65. The lowest BCUT2D eigenvalue weighted by Crippen LogP contribution is -2.57. The fraction of sp³-hybridized carbons (Fsp3) is 0.393. The Morgan fingerprint density at radius 3 is 2.44 bits per heavy atom. The van der Waals surface area contributed by atoms with Crippen molar-refractivity contribution in [2.24, 2.45) is 5.92 Å². The van der Waals surface area contributed by atoms with Gasteiger partial charge in [-0.25, -0.2) is 4.68 Å². The number of hydrogen-bond acceptors (Lipinski definition) is 6. The highest BCUT2D eigenvalue weighted by Gasteiger charge is 2.56. The molecule has 0 N–H and O–H groups in total. The molecule has 1 amide bonds. The van der Waals surface area contributed by atoms with Gasteiger partial charge in [0, 0.05) is 44.4 Å². The highest BCUT2D eigenvalue weighted by atomic mass is 16.5. The molecule has 2 aromatic carbocycles. The van der Waals surface area contributed by atoms with E-state index in [2.05, 4.69) is 10.00 Å². The molecule has 36 heavy (non-hydrogen) atoms. The zero-order valence-corrected chi connectivity index (χ0v) is 20.8. The van der Waals surface area contributed by atoms with E-state index in [-0.39, 0.29) is 18.3 Å². The van der Waals surface area contributed by atoms with Gasteiger partial charge in [-0.2, -0.15) is 5.10 Å². The molecule has 1 aromatic heterocycles. The van der Waals surface area contributed by atoms with E-state index < -0.39 is 11.5 Å². The third-order valence-corrected chi connectivity index (χ3v) is 7.63. The summed E-state index contributed by atoms with van der Waals surface area (Å²) in [4.78, 5) is 30.2. The van der Waals surface area contributed by atoms with E-state index in [0.717, 1.165) is 55.0 Å². The molecule has 3 heterocycles. The van der Waals surface area contributed by atoms with Crippen molar-refractivity contribution >= 4 is 11.9 Å². The van der Waals surface area contributed by atoms with Gasteiger partial charge in [-0.3, -0.25) is 14.5 Å². The van der Waals surface area contributed by atoms with Crippen molar-refractivity contribution in [2.45, 2.75) is 37.9 Å². The van der Waals surface area contributed by atoms with Crippen molar-refractivity contribution in [3.05, 3.63) is 78.1 Å². The number of amides is 1. The van der Waals surface area contributed by atoms with E-state index >= 15 is 0 Å². The molecule has 1 atom stereocenters. The Bertz CT molecular complexity index is 1220. The monoisotopic (exact) mass is 488 g/mol. The number of esters is 1. The number of rotatable bonds is 7. The minimum atomic E-state index is -0.516. The molecule has 2 fully saturated rings. The normalized spacial score (nSPS) is 19.6. The average Bonchev–Trinajstić information content (AvgIpc) is 3.48. The van der Waals surface area contributed by atoms with Crippen LogP contribution in [0.2, 0.25) is 0 Å². The van der Waals surface area contributed by atoms with Crippen LogP contribution >= 0.6 is 0 Å². The summed E-state index contributed by atoms with van der Waals surface area (Å²) in [6.07, 6.45) is 5.58. The second kappa shape index (κ2) is 10.1. The summed E-state index contributed by atoms with van der Waals surface area (Å²) in [5, 5.41) is 4.54. The number of para-hydroxylation sites is 2. The highest BCUT2D eigenvalue weighted by molar-refractivity contribution is 5.89. The lowest BCUT2D eigenvalue weighted by Gasteiger charge is -2.47. The smallest absolute Gasteiger partial charge is 0.311 e. The number of carbonyl (C=O) groups is 2. The maximum Gasteiger partial charge on any atom is 0.311 e. The van der Waals surface area contributed by atoms with Gasteiger partial charge in [-0.05, 0) is 30.5 Å². The summed E-state index contributed by atoms with van der Waals surface area (Å²) in [7, 11) is 3.07. The second-order valence-corrected chi connectivity index (χ2v) is 9.59. The lowest BCUT2D eigenvalue weighted by molar-refractivity contribution is -0.150. The van der Waals surface area contributed by atoms with Crippen molar-refractivity contribution < 1.29 is 19.1 Å². The summed E-state index contributed by atoms with van der Waals surface area (Å²) in [5.74, 6) is 0.0747. The van der Waals surface area contributed by atoms with E-state index in [4.69, 9.17) is 9.47 Å². The van der Waals surface area contributed by atoms with E-state index in [1.54, 1.807) is 7.11 Å². The van der Waals surface area contributed by atoms with Gasteiger partial charge in [-0.1, -0.05) is 42.5 Å². The quantitative estimate of drug-likeness (QED) is 0.474. The summed E-state index contributed by atoms with van der Waals surface area (Å²) in [6.45, 7) is 2.83. The number of nitrogens with zero attached hydrogens (tertiary/aromatic N) is 4. The maximum atomic E-state index is 13.1. The molecule has 2 aliphatic rings. The number of piperidine rings is 1. The molecule has 0 saturated carbocycles. The van der Waals surface area contributed by atoms with Crippen LogP contribution in [0.5, 0.6) is 5.75 Å². The van der Waals surface area contributed by atoms with Crippen molar-refractivity contribution in [3.8, 4) is 11.4 Å². The van der Waals surface area contributed by atoms with Crippen LogP contribution in [0.25, 0.3) is 5.69 Å². The highest BCUT2D eigenvalue weighted by Crippen LogP contribution is 2.45. The van der Waals surface area contributed by atoms with E-state index in [9.17, 15) is 9.59 Å². The first kappa shape index (κ1) is 24.1. The standard InChI is InChI=1S/C28H32N4O4/c1-35-25-11-7-6-10-24(25)32-20-22(17-29-32)18-30-14-12-28(13-15-30)23(27(34)36-2)16-26(33)31(28)19-21-8-4-3-5-9-21/h3-11,17,20,23H,12-16,18-19H2,1-2H3. The first-order valence-electron chi connectivity index (χ1n) is 12.4. The third-order valence-electron chi connectivity index (χ3n) is 7.63. The summed E-state index contributed by atoms with van der Waals surface area (Å²) in [6, 6.07) is 17.8. The molecular weight excluding hydrogens is 456 g/mol. The van der Waals surface area contributed by atoms with Gasteiger partial charge in [0.1, 0.15) is 11.4 Å². The molecule has 5 rings (SSSR count). The van der Waals surface area contributed by atoms with Gasteiger partial charge < -0.3 is 14.4 Å². The van der Waals surface area contributed by atoms with Gasteiger partial charge in [0.2, 0.25) is 5.91 Å². The van der Waals surface area contributed by atoms with Crippen LogP contribution < -0.4 is 4.74 Å². The van der Waals surface area contributed by atoms with Gasteiger partial charge >= 0.3 is 5.97 Å². The predicted molar refractivity (Wildman–Crippen MR) is 134 cm³/mol. The molecule has 8 heteroatoms. The molecule has 0 aliphatic carbocycles. The fourth-order valence-corrected chi connectivity index (χ4v) is 5.74. The Morgan fingerprint density at radius 2 is 1.72 bits per heavy atom. The van der Waals surface area contributed by atoms with Crippen molar-refractivity contribution in [1.82, 2.24) is 19.6 Å². The lowest BCUT2D eigenvalue weighted by atomic mass is 9.76. The van der Waals surface area contributed by atoms with E-state index in [0.29, 0.717) is 6.54 Å². The van der Waals surface area contributed by atoms with E-state index in [1.807, 2.05) is 76.6 Å². The van der Waals surface area contributed by atoms with Crippen LogP contribution in [-0.2, 0) is 27.4 Å². The zero-order valence-electron chi connectivity index (χ0n) is 20.8. The fourth-order valence-electron chi connectivity index (χ4n) is 5.74. The zero-order chi connectivity index (χ0) is 25.1. The first-order chi connectivity index (χ1) is 17.5. The molecule has 2 saturated heterocycles. The topological polar surface area (TPSA) is 76.9 Å². The molecule has 0 radical (unpaired) electrons. The summed E-state index contributed by atoms with van der Waals surface area (Å²) >= 11 is 0. The second-order valence-electron chi connectivity index (χ2n) is 9.59. The van der Waals surface area contributed by atoms with Crippen LogP contribution in [0.4, 0.5) is 0 Å². The van der Waals surface area contributed by atoms with Crippen LogP contribution in [0, 0.1) is 5.92 Å². The molecule has 188 valence electrons. The van der Waals surface area contributed by atoms with Crippen LogP contribution in [-0.4, -0.2) is 64.3 Å². The van der Waals surface area contributed by atoms with Gasteiger partial charge in [0.15, 0.2) is 0 Å². The molecule has 1 spiro atoms.